The van der Waals surface area contributed by atoms with Crippen molar-refractivity contribution in [2.24, 2.45) is 4.99 Å². The molecule has 0 spiro atoms. The second kappa shape index (κ2) is 7.38. The third kappa shape index (κ3) is 3.92. The second-order valence-corrected chi connectivity index (χ2v) is 7.35. The number of rotatable bonds is 4. The van der Waals surface area contributed by atoms with Gasteiger partial charge in [0.25, 0.3) is 0 Å². The van der Waals surface area contributed by atoms with Crippen molar-refractivity contribution >= 4 is 47.1 Å². The first-order chi connectivity index (χ1) is 12.0. The largest absolute Gasteiger partial charge is 0.422 e. The van der Waals surface area contributed by atoms with Gasteiger partial charge in [0.15, 0.2) is 3.95 Å². The lowest BCUT2D eigenvalue weighted by Crippen LogP contribution is -2.44. The Kier molecular flexibility index (Phi) is 5.22. The number of quaternary nitrogens is 1. The van der Waals surface area contributed by atoms with E-state index in [0.29, 0.717) is 20.1 Å². The minimum Gasteiger partial charge on any atom is -0.422 e. The van der Waals surface area contributed by atoms with Crippen LogP contribution >= 0.6 is 23.6 Å². The quantitative estimate of drug-likeness (QED) is 0.503. The SMILES string of the molecule is CC[N+]1(CC)C=CC=c2cc(C=Nc3n[nH]c(=S)s3)c(=O)oc2=CC1. The maximum Gasteiger partial charge on any atom is 0.345 e. The lowest BCUT2D eigenvalue weighted by Gasteiger charge is -2.31. The Bertz CT molecular complexity index is 1060. The summed E-state index contributed by atoms with van der Waals surface area (Å²) in [7, 11) is 0. The molecule has 3 rings (SSSR count). The fourth-order valence-electron chi connectivity index (χ4n) is 2.64. The fourth-order valence-corrected chi connectivity index (χ4v) is 3.37. The van der Waals surface area contributed by atoms with Crippen molar-refractivity contribution in [3.05, 3.63) is 48.9 Å². The molecule has 3 heterocycles. The molecule has 130 valence electrons. The van der Waals surface area contributed by atoms with Crippen molar-refractivity contribution in [2.45, 2.75) is 13.8 Å². The maximum absolute atomic E-state index is 12.3. The summed E-state index contributed by atoms with van der Waals surface area (Å²) in [6.07, 6.45) is 9.63. The van der Waals surface area contributed by atoms with E-state index in [1.54, 1.807) is 6.07 Å². The maximum atomic E-state index is 12.3. The van der Waals surface area contributed by atoms with Crippen LogP contribution in [0.1, 0.15) is 19.4 Å². The third-order valence-electron chi connectivity index (χ3n) is 4.35. The Morgan fingerprint density at radius 3 is 2.96 bits per heavy atom. The van der Waals surface area contributed by atoms with Crippen LogP contribution in [0.4, 0.5) is 5.13 Å². The zero-order valence-corrected chi connectivity index (χ0v) is 15.7. The predicted molar refractivity (Wildman–Crippen MR) is 103 cm³/mol. The third-order valence-corrected chi connectivity index (χ3v) is 5.35. The molecule has 25 heavy (non-hydrogen) atoms. The number of aliphatic imine (C=N–C) groups is 1. The molecule has 0 amide bonds. The van der Waals surface area contributed by atoms with Crippen LogP contribution in [0.2, 0.25) is 0 Å². The smallest absolute Gasteiger partial charge is 0.345 e. The van der Waals surface area contributed by atoms with Crippen LogP contribution in [0.3, 0.4) is 0 Å². The van der Waals surface area contributed by atoms with Crippen LogP contribution < -0.4 is 16.3 Å². The van der Waals surface area contributed by atoms with E-state index in [2.05, 4.69) is 35.2 Å². The van der Waals surface area contributed by atoms with E-state index in [1.807, 2.05) is 18.2 Å². The van der Waals surface area contributed by atoms with Gasteiger partial charge in [0.2, 0.25) is 5.13 Å². The van der Waals surface area contributed by atoms with Crippen LogP contribution in [-0.4, -0.2) is 40.5 Å². The van der Waals surface area contributed by atoms with Crippen LogP contribution in [0.5, 0.6) is 0 Å². The number of H-pyrrole nitrogens is 1. The summed E-state index contributed by atoms with van der Waals surface area (Å²) >= 11 is 6.21. The summed E-state index contributed by atoms with van der Waals surface area (Å²) < 4.78 is 6.89. The minimum atomic E-state index is -0.415. The molecular formula is C17H19N4O2S2+. The van der Waals surface area contributed by atoms with Gasteiger partial charge in [-0.3, -0.25) is 9.58 Å². The van der Waals surface area contributed by atoms with Crippen molar-refractivity contribution in [1.29, 1.82) is 0 Å². The van der Waals surface area contributed by atoms with Crippen LogP contribution in [-0.2, 0) is 0 Å². The summed E-state index contributed by atoms with van der Waals surface area (Å²) in [5, 5.41) is 7.92. The second-order valence-electron chi connectivity index (χ2n) is 5.71. The molecule has 0 saturated heterocycles. The van der Waals surface area contributed by atoms with E-state index >= 15 is 0 Å². The number of aromatic nitrogens is 2. The van der Waals surface area contributed by atoms with E-state index in [0.717, 1.165) is 29.3 Å². The summed E-state index contributed by atoms with van der Waals surface area (Å²) in [5.74, 6) is 0. The molecule has 8 heteroatoms. The lowest BCUT2D eigenvalue weighted by molar-refractivity contribution is -0.867. The summed E-state index contributed by atoms with van der Waals surface area (Å²) in [4.78, 5) is 16.4. The predicted octanol–water partition coefficient (Wildman–Crippen LogP) is 1.85. The number of nitrogens with one attached hydrogen (secondary N) is 1. The average molecular weight is 375 g/mol. The zero-order chi connectivity index (χ0) is 17.9. The van der Waals surface area contributed by atoms with E-state index in [-0.39, 0.29) is 0 Å². The van der Waals surface area contributed by atoms with Gasteiger partial charge < -0.3 is 4.42 Å². The average Bonchev–Trinajstić information content (AvgIpc) is 3.01. The molecule has 1 aliphatic rings. The van der Waals surface area contributed by atoms with Crippen molar-refractivity contribution in [3.63, 3.8) is 0 Å². The number of hydrogen-bond donors (Lipinski definition) is 1. The molecule has 0 atom stereocenters. The van der Waals surface area contributed by atoms with Gasteiger partial charge in [-0.2, -0.15) is 0 Å². The van der Waals surface area contributed by atoms with Crippen molar-refractivity contribution in [3.8, 4) is 0 Å². The molecule has 2 aromatic rings. The molecule has 1 N–H and O–H groups in total. The van der Waals surface area contributed by atoms with Gasteiger partial charge in [-0.25, -0.2) is 9.79 Å². The monoisotopic (exact) mass is 375 g/mol. The summed E-state index contributed by atoms with van der Waals surface area (Å²) in [5.41, 5.74) is 0.568. The normalized spacial score (nSPS) is 15.9. The Morgan fingerprint density at radius 2 is 2.28 bits per heavy atom. The van der Waals surface area contributed by atoms with Gasteiger partial charge in [-0.1, -0.05) is 11.3 Å². The Morgan fingerprint density at radius 1 is 1.48 bits per heavy atom. The highest BCUT2D eigenvalue weighted by Crippen LogP contribution is 2.14. The Balaban J connectivity index is 2.03. The highest BCUT2D eigenvalue weighted by Gasteiger charge is 2.19. The molecule has 0 saturated carbocycles. The van der Waals surface area contributed by atoms with Crippen LogP contribution in [0, 0.1) is 3.95 Å². The molecule has 0 aromatic carbocycles. The fraction of sp³-hybridized carbons (Fsp3) is 0.294. The van der Waals surface area contributed by atoms with Gasteiger partial charge in [-0.15, -0.1) is 5.10 Å². The first-order valence-corrected chi connectivity index (χ1v) is 9.27. The van der Waals surface area contributed by atoms with Gasteiger partial charge in [-0.05, 0) is 44.3 Å². The highest BCUT2D eigenvalue weighted by molar-refractivity contribution is 7.73. The van der Waals surface area contributed by atoms with Crippen molar-refractivity contribution < 1.29 is 8.90 Å². The first-order valence-electron chi connectivity index (χ1n) is 8.04. The molecule has 0 fully saturated rings. The van der Waals surface area contributed by atoms with Crippen LogP contribution in [0.15, 0.2) is 32.5 Å². The van der Waals surface area contributed by atoms with Gasteiger partial charge >= 0.3 is 5.63 Å². The van der Waals surface area contributed by atoms with E-state index < -0.39 is 5.63 Å². The number of nitrogens with zero attached hydrogens (tertiary/aromatic N) is 3. The molecule has 6 nitrogen and oxygen atoms in total. The standard InChI is InChI=1S/C17H18N4O2S2/c1-3-21(4-2)8-5-6-12-10-13(15(22)23-14(12)7-9-21)11-18-16-19-20-17(24)25-16/h5-8,10-11H,3-4,9H2,1-2H3/p+1. The molecule has 0 unspecified atom stereocenters. The van der Waals surface area contributed by atoms with Gasteiger partial charge in [0.05, 0.1) is 24.9 Å². The van der Waals surface area contributed by atoms with E-state index in [9.17, 15) is 4.79 Å². The number of fused-ring (bicyclic) bond motifs is 1. The van der Waals surface area contributed by atoms with Crippen molar-refractivity contribution in [1.82, 2.24) is 10.2 Å². The summed E-state index contributed by atoms with van der Waals surface area (Å²) in [6.45, 7) is 7.07. The van der Waals surface area contributed by atoms with Gasteiger partial charge in [0, 0.05) is 17.5 Å². The van der Waals surface area contributed by atoms with Crippen molar-refractivity contribution in [2.75, 3.05) is 19.6 Å². The topological polar surface area (TPSA) is 71.2 Å². The van der Waals surface area contributed by atoms with E-state index in [1.165, 1.54) is 17.6 Å². The number of hydrogen-bond acceptors (Lipinski definition) is 6. The lowest BCUT2D eigenvalue weighted by atomic mass is 10.2. The molecule has 0 radical (unpaired) electrons. The molecule has 0 bridgehead atoms. The Hall–Kier alpha value is -2.16. The molecular weight excluding hydrogens is 356 g/mol. The molecule has 2 aromatic heterocycles. The highest BCUT2D eigenvalue weighted by atomic mass is 32.1. The van der Waals surface area contributed by atoms with Crippen LogP contribution in [0.25, 0.3) is 12.2 Å². The van der Waals surface area contributed by atoms with E-state index in [4.69, 9.17) is 16.6 Å². The zero-order valence-electron chi connectivity index (χ0n) is 14.1. The number of allylic oxidation sites excluding steroid dienone is 1. The molecule has 1 aliphatic heterocycles. The minimum absolute atomic E-state index is 0.380. The number of aromatic amines is 1. The molecule has 0 aliphatic carbocycles. The first kappa shape index (κ1) is 17.7. The van der Waals surface area contributed by atoms with Gasteiger partial charge in [0.1, 0.15) is 12.0 Å². The summed E-state index contributed by atoms with van der Waals surface area (Å²) in [6, 6.07) is 1.79. The Labute approximate surface area is 153 Å².